The first-order chi connectivity index (χ1) is 13.6. The molecule has 0 spiro atoms. The molecule has 2 unspecified atom stereocenters. The van der Waals surface area contributed by atoms with Crippen molar-refractivity contribution >= 4 is 39.2 Å². The Kier molecular flexibility index (Phi) is 16.3. The second kappa shape index (κ2) is 16.8. The van der Waals surface area contributed by atoms with Crippen molar-refractivity contribution in [3.63, 3.8) is 0 Å². The molecule has 5 heteroatoms. The number of carbonyl (C=O) groups excluding carboxylic acids is 2. The Morgan fingerprint density at radius 1 is 0.759 bits per heavy atom. The van der Waals surface area contributed by atoms with Gasteiger partial charge in [0.15, 0.2) is 0 Å². The van der Waals surface area contributed by atoms with Crippen LogP contribution in [0.2, 0.25) is 0 Å². The third kappa shape index (κ3) is 10.6. The van der Waals surface area contributed by atoms with Crippen LogP contribution < -0.4 is 0 Å². The number of ether oxygens (including phenoxy) is 2. The molecule has 0 saturated carbocycles. The Morgan fingerprint density at radius 3 is 1.45 bits per heavy atom. The second-order valence-corrected chi connectivity index (χ2v) is 7.58. The van der Waals surface area contributed by atoms with E-state index in [2.05, 4.69) is 27.7 Å². The summed E-state index contributed by atoms with van der Waals surface area (Å²) in [7, 11) is 0. The molecule has 4 nitrogen and oxygen atoms in total. The van der Waals surface area contributed by atoms with E-state index in [0.29, 0.717) is 36.2 Å². The number of hydrogen-bond donors (Lipinski definition) is 0. The van der Waals surface area contributed by atoms with E-state index in [1.165, 1.54) is 0 Å². The van der Waals surface area contributed by atoms with E-state index >= 15 is 0 Å². The molecule has 0 heterocycles. The van der Waals surface area contributed by atoms with Crippen molar-refractivity contribution < 1.29 is 19.1 Å². The molecule has 0 aliphatic rings. The summed E-state index contributed by atoms with van der Waals surface area (Å²) in [6.45, 7) is 9.34. The van der Waals surface area contributed by atoms with Crippen molar-refractivity contribution in [3.8, 4) is 0 Å². The van der Waals surface area contributed by atoms with Gasteiger partial charge in [0.1, 0.15) is 0 Å². The molecule has 0 N–H and O–H groups in total. The Hall–Kier alpha value is -0.918. The molecule has 0 saturated heterocycles. The van der Waals surface area contributed by atoms with Gasteiger partial charge in [-0.2, -0.15) is 0 Å². The molecule has 2 atom stereocenters. The molecular formula is C24H40O4Pb. The first-order valence-electron chi connectivity index (χ1n) is 11.0. The minimum atomic E-state index is -0.444. The second-order valence-electron chi connectivity index (χ2n) is 7.58. The number of rotatable bonds is 14. The van der Waals surface area contributed by atoms with Crippen molar-refractivity contribution in [2.75, 3.05) is 13.2 Å². The molecule has 0 aliphatic carbocycles. The standard InChI is InChI=1S/C24H38O4.Pb.2H/c1-5-9-13-19(7-3)17-27-23(25)21-15-11-12-16-22(21)24(26)28-18-20(8-4)14-10-6-2;;;/h11-12,15-16,19-20H,5-10,13-14,17-18H2,1-4H3;;;. The molecular weight excluding hydrogens is 559 g/mol. The molecule has 29 heavy (non-hydrogen) atoms. The van der Waals surface area contributed by atoms with E-state index in [0.717, 1.165) is 51.4 Å². The molecule has 2 radical (unpaired) electrons. The summed E-state index contributed by atoms with van der Waals surface area (Å²) < 4.78 is 11.0. The average Bonchev–Trinajstić information content (AvgIpc) is 2.73. The van der Waals surface area contributed by atoms with Gasteiger partial charge in [-0.15, -0.1) is 0 Å². The van der Waals surface area contributed by atoms with Crippen LogP contribution in [0.5, 0.6) is 0 Å². The Bertz CT molecular complexity index is 537. The van der Waals surface area contributed by atoms with Gasteiger partial charge in [0.05, 0.1) is 24.3 Å². The number of esters is 2. The van der Waals surface area contributed by atoms with Gasteiger partial charge in [-0.05, 0) is 36.8 Å². The molecule has 1 aromatic carbocycles. The quantitative estimate of drug-likeness (QED) is 0.209. The van der Waals surface area contributed by atoms with E-state index in [1.54, 1.807) is 24.3 Å². The zero-order valence-corrected chi connectivity index (χ0v) is 24.4. The van der Waals surface area contributed by atoms with Gasteiger partial charge in [0.25, 0.3) is 0 Å². The summed E-state index contributed by atoms with van der Waals surface area (Å²) >= 11 is 0. The molecule has 0 fully saturated rings. The fraction of sp³-hybridized carbons (Fsp3) is 0.667. The van der Waals surface area contributed by atoms with Gasteiger partial charge in [-0.3, -0.25) is 0 Å². The van der Waals surface area contributed by atoms with Crippen LogP contribution in [0.25, 0.3) is 0 Å². The van der Waals surface area contributed by atoms with E-state index in [4.69, 9.17) is 9.47 Å². The number of hydrogen-bond acceptors (Lipinski definition) is 4. The van der Waals surface area contributed by atoms with Crippen LogP contribution in [0.1, 0.15) is 99.8 Å². The zero-order valence-electron chi connectivity index (χ0n) is 18.9. The molecule has 0 bridgehead atoms. The Labute approximate surface area is 197 Å². The van der Waals surface area contributed by atoms with Gasteiger partial charge in [0, 0.05) is 0 Å². The minimum absolute atomic E-state index is 0. The van der Waals surface area contributed by atoms with E-state index in [1.807, 2.05) is 0 Å². The number of unbranched alkanes of at least 4 members (excludes halogenated alkanes) is 2. The van der Waals surface area contributed by atoms with E-state index in [9.17, 15) is 9.59 Å². The van der Waals surface area contributed by atoms with E-state index < -0.39 is 11.9 Å². The van der Waals surface area contributed by atoms with Crippen LogP contribution in [-0.4, -0.2) is 52.5 Å². The van der Waals surface area contributed by atoms with Crippen LogP contribution in [0.15, 0.2) is 24.3 Å². The summed E-state index contributed by atoms with van der Waals surface area (Å²) in [6.07, 6.45) is 8.61. The maximum atomic E-state index is 12.6. The van der Waals surface area contributed by atoms with E-state index in [-0.39, 0.29) is 27.3 Å². The fourth-order valence-corrected chi connectivity index (χ4v) is 3.18. The Balaban J connectivity index is 0.00000784. The molecule has 1 rings (SSSR count). The number of benzene rings is 1. The zero-order chi connectivity index (χ0) is 20.8. The van der Waals surface area contributed by atoms with Crippen LogP contribution in [0, 0.1) is 11.8 Å². The van der Waals surface area contributed by atoms with Gasteiger partial charge in [0.2, 0.25) is 0 Å². The average molecular weight is 600 g/mol. The normalized spacial score (nSPS) is 12.6. The van der Waals surface area contributed by atoms with Crippen LogP contribution >= 0.6 is 0 Å². The van der Waals surface area contributed by atoms with Crippen molar-refractivity contribution in [1.29, 1.82) is 0 Å². The molecule has 0 aromatic heterocycles. The predicted molar refractivity (Wildman–Crippen MR) is 122 cm³/mol. The van der Waals surface area contributed by atoms with Gasteiger partial charge in [-0.25, -0.2) is 9.59 Å². The molecule has 1 aromatic rings. The maximum absolute atomic E-state index is 12.6. The van der Waals surface area contributed by atoms with Crippen LogP contribution in [0.4, 0.5) is 0 Å². The van der Waals surface area contributed by atoms with Gasteiger partial charge in [-0.1, -0.05) is 78.4 Å². The Morgan fingerprint density at radius 2 is 1.14 bits per heavy atom. The summed E-state index contributed by atoms with van der Waals surface area (Å²) in [4.78, 5) is 25.1. The van der Waals surface area contributed by atoms with Gasteiger partial charge >= 0.3 is 39.2 Å². The summed E-state index contributed by atoms with van der Waals surface area (Å²) in [5, 5.41) is 0. The first kappa shape index (κ1) is 28.1. The monoisotopic (exact) mass is 600 g/mol. The molecule has 0 amide bonds. The van der Waals surface area contributed by atoms with Crippen molar-refractivity contribution in [1.82, 2.24) is 0 Å². The summed E-state index contributed by atoms with van der Waals surface area (Å²) in [5.41, 5.74) is 0.582. The predicted octanol–water partition coefficient (Wildman–Crippen LogP) is 5.52. The number of carbonyl (C=O) groups is 2. The fourth-order valence-electron chi connectivity index (χ4n) is 3.18. The van der Waals surface area contributed by atoms with Gasteiger partial charge < -0.3 is 9.47 Å². The third-order valence-electron chi connectivity index (χ3n) is 5.35. The van der Waals surface area contributed by atoms with Crippen molar-refractivity contribution in [2.45, 2.75) is 79.1 Å². The molecule has 164 valence electrons. The topological polar surface area (TPSA) is 52.6 Å². The van der Waals surface area contributed by atoms with Crippen LogP contribution in [0.3, 0.4) is 0 Å². The van der Waals surface area contributed by atoms with Crippen molar-refractivity contribution in [3.05, 3.63) is 35.4 Å². The SMILES string of the molecule is CCCCC(CC)COC(=O)c1ccccc1C(=O)OCC(CC)CCCC.[PbH2]. The van der Waals surface area contributed by atoms with Crippen LogP contribution in [-0.2, 0) is 9.47 Å². The summed E-state index contributed by atoms with van der Waals surface area (Å²) in [6, 6.07) is 6.77. The van der Waals surface area contributed by atoms with Crippen molar-refractivity contribution in [2.24, 2.45) is 11.8 Å². The first-order valence-corrected chi connectivity index (χ1v) is 11.0. The summed E-state index contributed by atoms with van der Waals surface area (Å²) in [5.74, 6) is -0.153. The third-order valence-corrected chi connectivity index (χ3v) is 5.35. The molecule has 0 aliphatic heterocycles.